The molecule has 0 unspecified atom stereocenters. The molecular formula is C9H9N3O3. The summed E-state index contributed by atoms with van der Waals surface area (Å²) in [6.45, 7) is 1.17. The summed E-state index contributed by atoms with van der Waals surface area (Å²) in [6, 6.07) is 2.77. The summed E-state index contributed by atoms with van der Waals surface area (Å²) in [5.74, 6) is -1.08. The van der Waals surface area contributed by atoms with Gasteiger partial charge in [-0.3, -0.25) is 4.90 Å². The van der Waals surface area contributed by atoms with E-state index in [1.807, 2.05) is 0 Å². The number of carbonyl (C=O) groups is 2. The average molecular weight is 207 g/mol. The Morgan fingerprint density at radius 1 is 1.53 bits per heavy atom. The van der Waals surface area contributed by atoms with Crippen LogP contribution in [0.3, 0.4) is 0 Å². The van der Waals surface area contributed by atoms with Crippen molar-refractivity contribution in [2.45, 2.75) is 0 Å². The van der Waals surface area contributed by atoms with Gasteiger partial charge in [0.25, 0.3) is 0 Å². The quantitative estimate of drug-likeness (QED) is 0.731. The van der Waals surface area contributed by atoms with Gasteiger partial charge in [-0.15, -0.1) is 0 Å². The Bertz CT molecular complexity index is 402. The first-order valence-corrected chi connectivity index (χ1v) is 4.43. The van der Waals surface area contributed by atoms with E-state index in [9.17, 15) is 9.59 Å². The molecule has 0 atom stereocenters. The number of nitrogens with one attached hydrogen (secondary N) is 1. The van der Waals surface area contributed by atoms with E-state index in [4.69, 9.17) is 5.11 Å². The van der Waals surface area contributed by atoms with Crippen LogP contribution in [0.25, 0.3) is 0 Å². The van der Waals surface area contributed by atoms with E-state index in [2.05, 4.69) is 10.3 Å². The molecule has 1 saturated heterocycles. The molecule has 1 fully saturated rings. The number of amides is 2. The molecule has 1 aromatic rings. The van der Waals surface area contributed by atoms with Gasteiger partial charge in [0.2, 0.25) is 0 Å². The number of aromatic carboxylic acids is 1. The zero-order valence-corrected chi connectivity index (χ0v) is 7.80. The molecule has 1 aromatic heterocycles. The zero-order chi connectivity index (χ0) is 10.8. The van der Waals surface area contributed by atoms with Crippen LogP contribution >= 0.6 is 0 Å². The molecule has 2 amide bonds. The number of aromatic nitrogens is 1. The number of hydrogen-bond acceptors (Lipinski definition) is 3. The first-order chi connectivity index (χ1) is 7.18. The Balaban J connectivity index is 2.23. The van der Waals surface area contributed by atoms with E-state index < -0.39 is 5.97 Å². The van der Waals surface area contributed by atoms with Gasteiger partial charge < -0.3 is 10.4 Å². The van der Waals surface area contributed by atoms with Crippen LogP contribution in [0.4, 0.5) is 10.5 Å². The summed E-state index contributed by atoms with van der Waals surface area (Å²) >= 11 is 0. The Kier molecular flexibility index (Phi) is 2.24. The minimum atomic E-state index is -1.08. The molecule has 0 saturated carbocycles. The summed E-state index contributed by atoms with van der Waals surface area (Å²) in [4.78, 5) is 27.1. The van der Waals surface area contributed by atoms with Gasteiger partial charge >= 0.3 is 12.0 Å². The zero-order valence-electron chi connectivity index (χ0n) is 7.80. The number of pyridine rings is 1. The van der Waals surface area contributed by atoms with E-state index in [-0.39, 0.29) is 11.7 Å². The maximum Gasteiger partial charge on any atom is 0.354 e. The van der Waals surface area contributed by atoms with Crippen LogP contribution in [-0.2, 0) is 0 Å². The molecule has 0 aliphatic carbocycles. The van der Waals surface area contributed by atoms with Crippen molar-refractivity contribution in [3.63, 3.8) is 0 Å². The lowest BCUT2D eigenvalue weighted by Crippen LogP contribution is -2.27. The van der Waals surface area contributed by atoms with Crippen molar-refractivity contribution in [2.24, 2.45) is 0 Å². The van der Waals surface area contributed by atoms with Crippen molar-refractivity contribution in [1.82, 2.24) is 10.3 Å². The topological polar surface area (TPSA) is 82.5 Å². The summed E-state index contributed by atoms with van der Waals surface area (Å²) in [6.07, 6.45) is 1.38. The van der Waals surface area contributed by atoms with Gasteiger partial charge in [0.1, 0.15) is 5.69 Å². The van der Waals surface area contributed by atoms with Gasteiger partial charge in [-0.05, 0) is 12.1 Å². The number of anilines is 1. The monoisotopic (exact) mass is 207 g/mol. The Morgan fingerprint density at radius 2 is 2.33 bits per heavy atom. The van der Waals surface area contributed by atoms with Crippen molar-refractivity contribution in [3.8, 4) is 0 Å². The predicted molar refractivity (Wildman–Crippen MR) is 51.9 cm³/mol. The van der Waals surface area contributed by atoms with Crippen molar-refractivity contribution in [3.05, 3.63) is 24.0 Å². The highest BCUT2D eigenvalue weighted by Gasteiger charge is 2.21. The van der Waals surface area contributed by atoms with Crippen molar-refractivity contribution >= 4 is 17.7 Å². The summed E-state index contributed by atoms with van der Waals surface area (Å²) < 4.78 is 0. The van der Waals surface area contributed by atoms with Crippen molar-refractivity contribution in [1.29, 1.82) is 0 Å². The molecule has 0 aromatic carbocycles. The second-order valence-electron chi connectivity index (χ2n) is 3.09. The minimum Gasteiger partial charge on any atom is -0.477 e. The van der Waals surface area contributed by atoms with Crippen molar-refractivity contribution in [2.75, 3.05) is 18.0 Å². The fourth-order valence-corrected chi connectivity index (χ4v) is 1.39. The molecule has 0 spiro atoms. The van der Waals surface area contributed by atoms with Gasteiger partial charge in [0.05, 0.1) is 11.9 Å². The minimum absolute atomic E-state index is 0.0293. The molecule has 0 radical (unpaired) electrons. The van der Waals surface area contributed by atoms with Crippen LogP contribution in [-0.4, -0.2) is 35.2 Å². The van der Waals surface area contributed by atoms with Gasteiger partial charge in [-0.1, -0.05) is 0 Å². The number of carbonyl (C=O) groups excluding carboxylic acids is 1. The number of carboxylic acids is 1. The van der Waals surface area contributed by atoms with Crippen molar-refractivity contribution < 1.29 is 14.7 Å². The molecule has 6 heteroatoms. The van der Waals surface area contributed by atoms with Crippen LogP contribution in [0.15, 0.2) is 18.3 Å². The maximum absolute atomic E-state index is 11.3. The Morgan fingerprint density at radius 3 is 2.80 bits per heavy atom. The Hall–Kier alpha value is -2.11. The molecule has 15 heavy (non-hydrogen) atoms. The molecule has 2 N–H and O–H groups in total. The maximum atomic E-state index is 11.3. The SMILES string of the molecule is O=C(O)c1ccc(N2CCNC2=O)cn1. The third kappa shape index (κ3) is 1.74. The highest BCUT2D eigenvalue weighted by atomic mass is 16.4. The summed E-state index contributed by atoms with van der Waals surface area (Å²) in [7, 11) is 0. The molecule has 1 aliphatic rings. The lowest BCUT2D eigenvalue weighted by molar-refractivity contribution is 0.0690. The number of hydrogen-bond donors (Lipinski definition) is 2. The van der Waals surface area contributed by atoms with E-state index in [1.54, 1.807) is 6.07 Å². The number of carboxylic acid groups (broad SMARTS) is 1. The first-order valence-electron chi connectivity index (χ1n) is 4.43. The van der Waals surface area contributed by atoms with Crippen LogP contribution in [0.2, 0.25) is 0 Å². The third-order valence-corrected chi connectivity index (χ3v) is 2.14. The second kappa shape index (κ2) is 3.56. The highest BCUT2D eigenvalue weighted by molar-refractivity contribution is 5.94. The molecule has 2 rings (SSSR count). The predicted octanol–water partition coefficient (Wildman–Crippen LogP) is 0.309. The van der Waals surface area contributed by atoms with Crippen LogP contribution in [0, 0.1) is 0 Å². The van der Waals surface area contributed by atoms with Gasteiger partial charge in [-0.25, -0.2) is 14.6 Å². The smallest absolute Gasteiger partial charge is 0.354 e. The molecule has 1 aliphatic heterocycles. The average Bonchev–Trinajstić information content (AvgIpc) is 2.65. The van der Waals surface area contributed by atoms with E-state index >= 15 is 0 Å². The van der Waals surface area contributed by atoms with Gasteiger partial charge in [0, 0.05) is 13.1 Å². The first kappa shape index (κ1) is 9.45. The molecule has 78 valence electrons. The van der Waals surface area contributed by atoms with Gasteiger partial charge in [-0.2, -0.15) is 0 Å². The fourth-order valence-electron chi connectivity index (χ4n) is 1.39. The van der Waals surface area contributed by atoms with Crippen LogP contribution in [0.5, 0.6) is 0 Å². The Labute approximate surface area is 85.5 Å². The number of rotatable bonds is 2. The second-order valence-corrected chi connectivity index (χ2v) is 3.09. The van der Waals surface area contributed by atoms with E-state index in [0.717, 1.165) is 0 Å². The van der Waals surface area contributed by atoms with Gasteiger partial charge in [0.15, 0.2) is 0 Å². The summed E-state index contributed by atoms with van der Waals surface area (Å²) in [5, 5.41) is 11.3. The highest BCUT2D eigenvalue weighted by Crippen LogP contribution is 2.15. The third-order valence-electron chi connectivity index (χ3n) is 2.14. The van der Waals surface area contributed by atoms with Crippen LogP contribution in [0.1, 0.15) is 10.5 Å². The summed E-state index contributed by atoms with van der Waals surface area (Å²) in [5.41, 5.74) is 0.577. The number of urea groups is 1. The fraction of sp³-hybridized carbons (Fsp3) is 0.222. The van der Waals surface area contributed by atoms with E-state index in [1.165, 1.54) is 17.2 Å². The number of nitrogens with zero attached hydrogens (tertiary/aromatic N) is 2. The molecule has 6 nitrogen and oxygen atoms in total. The molecule has 2 heterocycles. The van der Waals surface area contributed by atoms with Crippen LogP contribution < -0.4 is 10.2 Å². The lowest BCUT2D eigenvalue weighted by atomic mass is 10.3. The largest absolute Gasteiger partial charge is 0.477 e. The normalized spacial score (nSPS) is 15.2. The molecular weight excluding hydrogens is 198 g/mol. The lowest BCUT2D eigenvalue weighted by Gasteiger charge is -2.13. The standard InChI is InChI=1S/C9H9N3O3/c13-8(14)7-2-1-6(5-11-7)12-4-3-10-9(12)15/h1-2,5H,3-4H2,(H,10,15)(H,13,14). The van der Waals surface area contributed by atoms with E-state index in [0.29, 0.717) is 18.8 Å². The molecule has 0 bridgehead atoms.